The second kappa shape index (κ2) is 8.14. The normalized spacial score (nSPS) is 30.7. The zero-order valence-corrected chi connectivity index (χ0v) is 14.1. The Morgan fingerprint density at radius 1 is 1.24 bits per heavy atom. The first-order chi connectivity index (χ1) is 10.1. The topological polar surface area (TPSA) is 35.6 Å². The number of likely N-dealkylation sites (N-methyl/N-ethyl adjacent to an activating group) is 1. The molecule has 3 unspecified atom stereocenters. The van der Waals surface area contributed by atoms with Gasteiger partial charge in [0.05, 0.1) is 6.54 Å². The number of piperidine rings is 2. The summed E-state index contributed by atoms with van der Waals surface area (Å²) in [6.07, 6.45) is 5.13. The summed E-state index contributed by atoms with van der Waals surface area (Å²) >= 11 is 0. The first kappa shape index (κ1) is 16.8. The smallest absolute Gasteiger partial charge is 0.236 e. The maximum Gasteiger partial charge on any atom is 0.236 e. The van der Waals surface area contributed by atoms with Crippen molar-refractivity contribution in [3.63, 3.8) is 0 Å². The molecule has 2 rings (SSSR count). The van der Waals surface area contributed by atoms with E-state index in [1.807, 2.05) is 0 Å². The van der Waals surface area contributed by atoms with Crippen molar-refractivity contribution in [3.05, 3.63) is 0 Å². The fourth-order valence-corrected chi connectivity index (χ4v) is 3.85. The molecular weight excluding hydrogens is 262 g/mol. The summed E-state index contributed by atoms with van der Waals surface area (Å²) < 4.78 is 0. The van der Waals surface area contributed by atoms with Gasteiger partial charge < -0.3 is 10.2 Å². The molecule has 0 aromatic carbocycles. The van der Waals surface area contributed by atoms with E-state index in [9.17, 15) is 4.79 Å². The van der Waals surface area contributed by atoms with Crippen LogP contribution < -0.4 is 5.32 Å². The molecule has 0 aliphatic carbocycles. The van der Waals surface area contributed by atoms with E-state index in [0.29, 0.717) is 30.3 Å². The molecule has 122 valence electrons. The fraction of sp³-hybridized carbons (Fsp3) is 0.941. The number of nitrogens with one attached hydrogen (secondary N) is 1. The largest absolute Gasteiger partial charge is 0.341 e. The van der Waals surface area contributed by atoms with E-state index in [1.54, 1.807) is 0 Å². The van der Waals surface area contributed by atoms with Crippen molar-refractivity contribution in [1.29, 1.82) is 0 Å². The molecule has 0 saturated carbocycles. The number of hydrogen-bond donors (Lipinski definition) is 1. The first-order valence-electron chi connectivity index (χ1n) is 8.82. The molecule has 0 bridgehead atoms. The standard InChI is InChI=1S/C17H33N3O/c1-4-19(12-16-7-5-6-8-18-16)13-17(21)20-10-14(2)9-15(3)11-20/h14-16,18H,4-13H2,1-3H3. The van der Waals surface area contributed by atoms with Crippen molar-refractivity contribution in [2.45, 2.75) is 52.5 Å². The molecule has 21 heavy (non-hydrogen) atoms. The number of hydrogen-bond acceptors (Lipinski definition) is 3. The Hall–Kier alpha value is -0.610. The number of nitrogens with zero attached hydrogens (tertiary/aromatic N) is 2. The SMILES string of the molecule is CCN(CC(=O)N1CC(C)CC(C)C1)CC1CCCCN1. The fourth-order valence-electron chi connectivity index (χ4n) is 3.85. The van der Waals surface area contributed by atoms with Gasteiger partial charge in [0.15, 0.2) is 0 Å². The van der Waals surface area contributed by atoms with Gasteiger partial charge in [0.25, 0.3) is 0 Å². The summed E-state index contributed by atoms with van der Waals surface area (Å²) in [6.45, 7) is 12.3. The lowest BCUT2D eigenvalue weighted by molar-refractivity contribution is -0.135. The summed E-state index contributed by atoms with van der Waals surface area (Å²) in [6, 6.07) is 0.575. The Balaban J connectivity index is 1.81. The highest BCUT2D eigenvalue weighted by molar-refractivity contribution is 5.78. The number of amides is 1. The molecule has 4 nitrogen and oxygen atoms in total. The van der Waals surface area contributed by atoms with Crippen molar-refractivity contribution in [2.75, 3.05) is 39.3 Å². The predicted octanol–water partition coefficient (Wildman–Crippen LogP) is 1.95. The molecule has 0 aromatic heterocycles. The average Bonchev–Trinajstić information content (AvgIpc) is 2.46. The van der Waals surface area contributed by atoms with Crippen LogP contribution >= 0.6 is 0 Å². The third-order valence-electron chi connectivity index (χ3n) is 4.92. The van der Waals surface area contributed by atoms with Gasteiger partial charge in [0.1, 0.15) is 0 Å². The summed E-state index contributed by atoms with van der Waals surface area (Å²) in [5.41, 5.74) is 0. The van der Waals surface area contributed by atoms with E-state index >= 15 is 0 Å². The van der Waals surface area contributed by atoms with E-state index in [2.05, 4.69) is 35.9 Å². The Morgan fingerprint density at radius 2 is 1.95 bits per heavy atom. The lowest BCUT2D eigenvalue weighted by atomic mass is 9.92. The number of rotatable bonds is 5. The van der Waals surface area contributed by atoms with Crippen LogP contribution in [-0.2, 0) is 4.79 Å². The van der Waals surface area contributed by atoms with E-state index in [1.165, 1.54) is 25.7 Å². The summed E-state index contributed by atoms with van der Waals surface area (Å²) in [5, 5.41) is 3.58. The van der Waals surface area contributed by atoms with E-state index in [-0.39, 0.29) is 0 Å². The van der Waals surface area contributed by atoms with Crippen LogP contribution in [0.5, 0.6) is 0 Å². The van der Waals surface area contributed by atoms with Crippen LogP contribution in [0.4, 0.5) is 0 Å². The van der Waals surface area contributed by atoms with Gasteiger partial charge in [0.2, 0.25) is 5.91 Å². The number of carbonyl (C=O) groups excluding carboxylic acids is 1. The predicted molar refractivity (Wildman–Crippen MR) is 87.3 cm³/mol. The van der Waals surface area contributed by atoms with Gasteiger partial charge in [-0.1, -0.05) is 27.2 Å². The molecule has 2 aliphatic rings. The highest BCUT2D eigenvalue weighted by Crippen LogP contribution is 2.21. The molecule has 1 amide bonds. The van der Waals surface area contributed by atoms with Crippen LogP contribution in [0.15, 0.2) is 0 Å². The maximum absolute atomic E-state index is 12.6. The van der Waals surface area contributed by atoms with E-state index in [0.717, 1.165) is 32.7 Å². The van der Waals surface area contributed by atoms with Crippen LogP contribution in [0.25, 0.3) is 0 Å². The van der Waals surface area contributed by atoms with Crippen molar-refractivity contribution in [3.8, 4) is 0 Å². The van der Waals surface area contributed by atoms with Crippen LogP contribution in [0.1, 0.15) is 46.5 Å². The minimum absolute atomic E-state index is 0.325. The third kappa shape index (κ3) is 5.26. The number of carbonyl (C=O) groups is 1. The highest BCUT2D eigenvalue weighted by Gasteiger charge is 2.26. The third-order valence-corrected chi connectivity index (χ3v) is 4.92. The minimum Gasteiger partial charge on any atom is -0.341 e. The van der Waals surface area contributed by atoms with Gasteiger partial charge in [-0.15, -0.1) is 0 Å². The summed E-state index contributed by atoms with van der Waals surface area (Å²) in [7, 11) is 0. The molecule has 0 aromatic rings. The minimum atomic E-state index is 0.325. The molecule has 2 heterocycles. The van der Waals surface area contributed by atoms with Gasteiger partial charge in [-0.25, -0.2) is 0 Å². The lowest BCUT2D eigenvalue weighted by Gasteiger charge is -2.37. The Morgan fingerprint density at radius 3 is 2.52 bits per heavy atom. The molecule has 4 heteroatoms. The second-order valence-electron chi connectivity index (χ2n) is 7.22. The van der Waals surface area contributed by atoms with Crippen LogP contribution in [-0.4, -0.2) is 61.0 Å². The second-order valence-corrected chi connectivity index (χ2v) is 7.22. The van der Waals surface area contributed by atoms with Crippen molar-refractivity contribution in [1.82, 2.24) is 15.1 Å². The molecule has 1 N–H and O–H groups in total. The summed E-state index contributed by atoms with van der Waals surface area (Å²) in [5.74, 6) is 1.62. The van der Waals surface area contributed by atoms with Gasteiger partial charge in [-0.2, -0.15) is 0 Å². The van der Waals surface area contributed by atoms with E-state index in [4.69, 9.17) is 0 Å². The van der Waals surface area contributed by atoms with Gasteiger partial charge in [-0.05, 0) is 44.2 Å². The Labute approximate surface area is 130 Å². The molecule has 3 atom stereocenters. The molecule has 2 saturated heterocycles. The van der Waals surface area contributed by atoms with Gasteiger partial charge in [0, 0.05) is 25.7 Å². The quantitative estimate of drug-likeness (QED) is 0.842. The maximum atomic E-state index is 12.6. The molecule has 2 fully saturated rings. The Kier molecular flexibility index (Phi) is 6.49. The van der Waals surface area contributed by atoms with Crippen LogP contribution in [0.2, 0.25) is 0 Å². The monoisotopic (exact) mass is 295 g/mol. The molecule has 0 radical (unpaired) electrons. The van der Waals surface area contributed by atoms with E-state index < -0.39 is 0 Å². The van der Waals surface area contributed by atoms with Gasteiger partial charge >= 0.3 is 0 Å². The van der Waals surface area contributed by atoms with Crippen molar-refractivity contribution < 1.29 is 4.79 Å². The zero-order chi connectivity index (χ0) is 15.2. The van der Waals surface area contributed by atoms with Crippen molar-refractivity contribution >= 4 is 5.91 Å². The Bertz CT molecular complexity index is 318. The molecular formula is C17H33N3O. The lowest BCUT2D eigenvalue weighted by Crippen LogP contribution is -2.50. The van der Waals surface area contributed by atoms with Gasteiger partial charge in [-0.3, -0.25) is 9.69 Å². The highest BCUT2D eigenvalue weighted by atomic mass is 16.2. The zero-order valence-electron chi connectivity index (χ0n) is 14.1. The number of likely N-dealkylation sites (tertiary alicyclic amines) is 1. The molecule has 0 spiro atoms. The summed E-state index contributed by atoms with van der Waals surface area (Å²) in [4.78, 5) is 17.0. The average molecular weight is 295 g/mol. The van der Waals surface area contributed by atoms with Crippen LogP contribution in [0.3, 0.4) is 0 Å². The van der Waals surface area contributed by atoms with Crippen LogP contribution in [0, 0.1) is 11.8 Å². The van der Waals surface area contributed by atoms with Crippen molar-refractivity contribution in [2.24, 2.45) is 11.8 Å². The first-order valence-corrected chi connectivity index (χ1v) is 8.82. The molecule has 2 aliphatic heterocycles.